The van der Waals surface area contributed by atoms with Gasteiger partial charge in [0, 0.05) is 0 Å². The molecule has 2 rings (SSSR count). The number of halogens is 4. The van der Waals surface area contributed by atoms with Gasteiger partial charge in [-0.15, -0.1) is 0 Å². The number of phenolic OH excluding ortho intramolecular Hbond substituents is 1. The van der Waals surface area contributed by atoms with Crippen LogP contribution in [0.15, 0.2) is 27.7 Å². The van der Waals surface area contributed by atoms with Crippen molar-refractivity contribution in [3.05, 3.63) is 33.3 Å². The van der Waals surface area contributed by atoms with E-state index >= 15 is 0 Å². The topological polar surface area (TPSA) is 55.1 Å². The molecule has 0 unspecified atom stereocenters. The zero-order valence-corrected chi connectivity index (χ0v) is 10.3. The maximum atomic E-state index is 12.2. The zero-order chi connectivity index (χ0) is 13.5. The number of fused-ring (bicyclic) bond motifs is 1. The first-order chi connectivity index (χ1) is 8.28. The van der Waals surface area contributed by atoms with Crippen LogP contribution in [-0.2, 0) is 6.54 Å². The van der Waals surface area contributed by atoms with Crippen molar-refractivity contribution in [3.63, 3.8) is 0 Å². The van der Waals surface area contributed by atoms with Gasteiger partial charge < -0.3 is 5.11 Å². The highest BCUT2D eigenvalue weighted by Crippen LogP contribution is 2.27. The molecule has 0 aliphatic heterocycles. The first-order valence-corrected chi connectivity index (χ1v) is 5.51. The van der Waals surface area contributed by atoms with Crippen LogP contribution in [0.25, 0.3) is 10.9 Å². The SMILES string of the molecule is O=c1c2cc(O)c(Br)cc2ncn1CC(F)(F)F. The van der Waals surface area contributed by atoms with E-state index in [1.165, 1.54) is 6.07 Å². The van der Waals surface area contributed by atoms with Crippen molar-refractivity contribution in [3.8, 4) is 5.75 Å². The maximum Gasteiger partial charge on any atom is 0.406 e. The summed E-state index contributed by atoms with van der Waals surface area (Å²) in [7, 11) is 0. The first-order valence-electron chi connectivity index (χ1n) is 4.72. The average molecular weight is 323 g/mol. The highest BCUT2D eigenvalue weighted by atomic mass is 79.9. The van der Waals surface area contributed by atoms with Gasteiger partial charge in [0.25, 0.3) is 5.56 Å². The number of aromatic nitrogens is 2. The van der Waals surface area contributed by atoms with Gasteiger partial charge in [-0.2, -0.15) is 13.2 Å². The fraction of sp³-hybridized carbons (Fsp3) is 0.200. The van der Waals surface area contributed by atoms with Gasteiger partial charge in [0.15, 0.2) is 0 Å². The van der Waals surface area contributed by atoms with Gasteiger partial charge in [-0.25, -0.2) is 4.98 Å². The van der Waals surface area contributed by atoms with Crippen LogP contribution in [0, 0.1) is 0 Å². The highest BCUT2D eigenvalue weighted by molar-refractivity contribution is 9.10. The Morgan fingerprint density at radius 3 is 2.67 bits per heavy atom. The van der Waals surface area contributed by atoms with Crippen molar-refractivity contribution in [2.24, 2.45) is 0 Å². The zero-order valence-electron chi connectivity index (χ0n) is 8.70. The summed E-state index contributed by atoms with van der Waals surface area (Å²) in [6.07, 6.45) is -3.67. The Balaban J connectivity index is 2.64. The average Bonchev–Trinajstić information content (AvgIpc) is 2.24. The van der Waals surface area contributed by atoms with Crippen molar-refractivity contribution in [2.75, 3.05) is 0 Å². The largest absolute Gasteiger partial charge is 0.507 e. The normalized spacial score (nSPS) is 12.0. The summed E-state index contributed by atoms with van der Waals surface area (Å²) < 4.78 is 37.4. The van der Waals surface area contributed by atoms with E-state index in [0.29, 0.717) is 9.04 Å². The Bertz CT molecular complexity index is 666. The highest BCUT2D eigenvalue weighted by Gasteiger charge is 2.28. The molecule has 0 bridgehead atoms. The fourth-order valence-corrected chi connectivity index (χ4v) is 1.81. The van der Waals surface area contributed by atoms with E-state index in [9.17, 15) is 23.1 Å². The molecule has 8 heteroatoms. The molecule has 96 valence electrons. The van der Waals surface area contributed by atoms with Gasteiger partial charge >= 0.3 is 6.18 Å². The molecule has 1 aromatic carbocycles. The lowest BCUT2D eigenvalue weighted by Crippen LogP contribution is -2.28. The third-order valence-corrected chi connectivity index (χ3v) is 2.88. The van der Waals surface area contributed by atoms with Crippen molar-refractivity contribution >= 4 is 26.8 Å². The third-order valence-electron chi connectivity index (χ3n) is 2.24. The molecule has 0 atom stereocenters. The second-order valence-electron chi connectivity index (χ2n) is 3.61. The number of phenols is 1. The van der Waals surface area contributed by atoms with Crippen molar-refractivity contribution in [1.29, 1.82) is 0 Å². The molecule has 0 saturated heterocycles. The van der Waals surface area contributed by atoms with Crippen LogP contribution in [-0.4, -0.2) is 20.8 Å². The number of nitrogens with zero attached hydrogens (tertiary/aromatic N) is 2. The molecule has 1 N–H and O–H groups in total. The van der Waals surface area contributed by atoms with Crippen LogP contribution in [0.2, 0.25) is 0 Å². The maximum absolute atomic E-state index is 12.2. The first kappa shape index (κ1) is 12.9. The Kier molecular flexibility index (Phi) is 3.05. The molecule has 0 fully saturated rings. The molecule has 0 aliphatic carbocycles. The van der Waals surface area contributed by atoms with Crippen molar-refractivity contribution < 1.29 is 18.3 Å². The molecule has 0 amide bonds. The number of hydrogen-bond donors (Lipinski definition) is 1. The minimum Gasteiger partial charge on any atom is -0.507 e. The van der Waals surface area contributed by atoms with Crippen LogP contribution in [0.4, 0.5) is 13.2 Å². The molecule has 1 heterocycles. The number of benzene rings is 1. The van der Waals surface area contributed by atoms with Gasteiger partial charge in [-0.1, -0.05) is 0 Å². The van der Waals surface area contributed by atoms with Gasteiger partial charge in [-0.3, -0.25) is 9.36 Å². The minimum atomic E-state index is -4.50. The van der Waals surface area contributed by atoms with E-state index in [0.717, 1.165) is 12.4 Å². The van der Waals surface area contributed by atoms with E-state index < -0.39 is 18.3 Å². The molecule has 1 aromatic heterocycles. The second kappa shape index (κ2) is 4.27. The summed E-state index contributed by atoms with van der Waals surface area (Å²) in [5.41, 5.74) is -0.636. The van der Waals surface area contributed by atoms with E-state index in [1.54, 1.807) is 0 Å². The quantitative estimate of drug-likeness (QED) is 0.877. The molecule has 0 saturated carbocycles. The van der Waals surface area contributed by atoms with E-state index in [1.807, 2.05) is 0 Å². The number of aromatic hydroxyl groups is 1. The van der Waals surface area contributed by atoms with E-state index in [-0.39, 0.29) is 16.7 Å². The summed E-state index contributed by atoms with van der Waals surface area (Å²) in [5.74, 6) is -0.230. The molecule has 0 spiro atoms. The summed E-state index contributed by atoms with van der Waals surface area (Å²) in [6, 6.07) is 2.45. The molecule has 4 nitrogen and oxygen atoms in total. The molecule has 0 radical (unpaired) electrons. The summed E-state index contributed by atoms with van der Waals surface area (Å²) >= 11 is 3.03. The molecule has 18 heavy (non-hydrogen) atoms. The Hall–Kier alpha value is -1.57. The molecular weight excluding hydrogens is 317 g/mol. The minimum absolute atomic E-state index is 0.0672. The number of rotatable bonds is 1. The standard InChI is InChI=1S/C10H6BrF3N2O2/c11-6-2-7-5(1-8(6)17)9(18)16(4-15-7)3-10(12,13)14/h1-2,4,17H,3H2. The van der Waals surface area contributed by atoms with Gasteiger partial charge in [-0.05, 0) is 28.1 Å². The molecule has 2 aromatic rings. The predicted molar refractivity (Wildman–Crippen MR) is 61.4 cm³/mol. The number of hydrogen-bond acceptors (Lipinski definition) is 3. The lowest BCUT2D eigenvalue weighted by Gasteiger charge is -2.09. The van der Waals surface area contributed by atoms with E-state index in [4.69, 9.17) is 0 Å². The summed E-state index contributed by atoms with van der Waals surface area (Å²) in [5, 5.41) is 9.35. The van der Waals surface area contributed by atoms with Crippen molar-refractivity contribution in [2.45, 2.75) is 12.7 Å². The van der Waals surface area contributed by atoms with Gasteiger partial charge in [0.1, 0.15) is 12.3 Å². The Morgan fingerprint density at radius 1 is 1.39 bits per heavy atom. The van der Waals surface area contributed by atoms with Crippen LogP contribution in [0.1, 0.15) is 0 Å². The van der Waals surface area contributed by atoms with Crippen LogP contribution in [0.3, 0.4) is 0 Å². The van der Waals surface area contributed by atoms with Gasteiger partial charge in [0.05, 0.1) is 21.7 Å². The number of alkyl halides is 3. The Labute approximate surface area is 107 Å². The second-order valence-corrected chi connectivity index (χ2v) is 4.47. The van der Waals surface area contributed by atoms with Crippen LogP contribution < -0.4 is 5.56 Å². The smallest absolute Gasteiger partial charge is 0.406 e. The van der Waals surface area contributed by atoms with Gasteiger partial charge in [0.2, 0.25) is 0 Å². The molecular formula is C10H6BrF3N2O2. The lowest BCUT2D eigenvalue weighted by atomic mass is 10.2. The van der Waals surface area contributed by atoms with Crippen LogP contribution in [0.5, 0.6) is 5.75 Å². The Morgan fingerprint density at radius 2 is 2.06 bits per heavy atom. The molecule has 0 aliphatic rings. The summed E-state index contributed by atoms with van der Waals surface area (Å²) in [4.78, 5) is 15.5. The van der Waals surface area contributed by atoms with E-state index in [2.05, 4.69) is 20.9 Å². The monoisotopic (exact) mass is 322 g/mol. The lowest BCUT2D eigenvalue weighted by molar-refractivity contribution is -0.141. The van der Waals surface area contributed by atoms with Crippen LogP contribution >= 0.6 is 15.9 Å². The third kappa shape index (κ3) is 2.47. The fourth-order valence-electron chi connectivity index (χ4n) is 1.47. The summed E-state index contributed by atoms with van der Waals surface area (Å²) in [6.45, 7) is -1.41. The van der Waals surface area contributed by atoms with Crippen molar-refractivity contribution in [1.82, 2.24) is 9.55 Å². The predicted octanol–water partition coefficient (Wildman–Crippen LogP) is 2.43.